The van der Waals surface area contributed by atoms with Gasteiger partial charge in [0.15, 0.2) is 0 Å². The van der Waals surface area contributed by atoms with E-state index in [0.717, 1.165) is 17.7 Å². The highest BCUT2D eigenvalue weighted by Gasteiger charge is 2.19. The molecular formula is C15H20Cl2N2O. The van der Waals surface area contributed by atoms with Crippen LogP contribution in [0.2, 0.25) is 10.0 Å². The SMILES string of the molecule is C=CCC(/C(CN(C)C)=N\OC)c1ccc(Cl)c(Cl)c1. The third-order valence-electron chi connectivity index (χ3n) is 2.84. The maximum Gasteiger partial charge on any atom is 0.106 e. The summed E-state index contributed by atoms with van der Waals surface area (Å²) < 4.78 is 0. The van der Waals surface area contributed by atoms with Gasteiger partial charge in [-0.05, 0) is 38.2 Å². The number of hydrogen-bond donors (Lipinski definition) is 0. The molecule has 20 heavy (non-hydrogen) atoms. The third-order valence-corrected chi connectivity index (χ3v) is 3.58. The zero-order valence-electron chi connectivity index (χ0n) is 12.1. The van der Waals surface area contributed by atoms with E-state index in [1.165, 1.54) is 0 Å². The van der Waals surface area contributed by atoms with Crippen molar-refractivity contribution in [1.29, 1.82) is 0 Å². The molecule has 1 unspecified atom stereocenters. The van der Waals surface area contributed by atoms with Crippen molar-refractivity contribution in [2.45, 2.75) is 12.3 Å². The van der Waals surface area contributed by atoms with Crippen molar-refractivity contribution in [3.8, 4) is 0 Å². The molecular weight excluding hydrogens is 295 g/mol. The lowest BCUT2D eigenvalue weighted by Crippen LogP contribution is -2.27. The monoisotopic (exact) mass is 314 g/mol. The standard InChI is InChI=1S/C15H20Cl2N2O/c1-5-6-12(15(18-20-4)10-19(2)3)11-7-8-13(16)14(17)9-11/h5,7-9,12H,1,6,10H2,2-4H3/b18-15-. The molecule has 0 aromatic heterocycles. The molecule has 0 fully saturated rings. The van der Waals surface area contributed by atoms with Crippen molar-refractivity contribution in [2.24, 2.45) is 5.16 Å². The van der Waals surface area contributed by atoms with E-state index in [0.29, 0.717) is 16.6 Å². The average Bonchev–Trinajstić information content (AvgIpc) is 2.38. The molecule has 0 saturated carbocycles. The fraction of sp³-hybridized carbons (Fsp3) is 0.400. The van der Waals surface area contributed by atoms with Crippen LogP contribution in [0.25, 0.3) is 0 Å². The van der Waals surface area contributed by atoms with Crippen molar-refractivity contribution in [3.05, 3.63) is 46.5 Å². The number of hydrogen-bond acceptors (Lipinski definition) is 3. The zero-order chi connectivity index (χ0) is 15.1. The van der Waals surface area contributed by atoms with Gasteiger partial charge in [0, 0.05) is 12.5 Å². The molecule has 0 amide bonds. The molecule has 110 valence electrons. The summed E-state index contributed by atoms with van der Waals surface area (Å²) >= 11 is 12.1. The summed E-state index contributed by atoms with van der Waals surface area (Å²) in [5.74, 6) is 0.0737. The van der Waals surface area contributed by atoms with Gasteiger partial charge in [-0.15, -0.1) is 6.58 Å². The number of halogens is 2. The van der Waals surface area contributed by atoms with Crippen LogP contribution in [0.5, 0.6) is 0 Å². The van der Waals surface area contributed by atoms with Crippen LogP contribution in [0.1, 0.15) is 17.9 Å². The highest BCUT2D eigenvalue weighted by atomic mass is 35.5. The Morgan fingerprint density at radius 2 is 2.10 bits per heavy atom. The molecule has 0 N–H and O–H groups in total. The van der Waals surface area contributed by atoms with Crippen LogP contribution < -0.4 is 0 Å². The summed E-state index contributed by atoms with van der Waals surface area (Å²) in [5.41, 5.74) is 1.98. The lowest BCUT2D eigenvalue weighted by Gasteiger charge is -2.21. The first-order chi connectivity index (χ1) is 9.49. The predicted octanol–water partition coefficient (Wildman–Crippen LogP) is 4.22. The van der Waals surface area contributed by atoms with Crippen LogP contribution >= 0.6 is 23.2 Å². The minimum Gasteiger partial charge on any atom is -0.399 e. The molecule has 1 aromatic rings. The van der Waals surface area contributed by atoms with Gasteiger partial charge in [0.25, 0.3) is 0 Å². The first kappa shape index (κ1) is 17.0. The van der Waals surface area contributed by atoms with Crippen LogP contribution in [0.4, 0.5) is 0 Å². The zero-order valence-corrected chi connectivity index (χ0v) is 13.6. The van der Waals surface area contributed by atoms with Crippen molar-refractivity contribution in [2.75, 3.05) is 27.7 Å². The van der Waals surface area contributed by atoms with Crippen molar-refractivity contribution < 1.29 is 4.84 Å². The fourth-order valence-electron chi connectivity index (χ4n) is 2.00. The normalized spacial score (nSPS) is 13.4. The second-order valence-corrected chi connectivity index (χ2v) is 5.57. The molecule has 0 spiro atoms. The first-order valence-corrected chi connectivity index (χ1v) is 7.05. The Morgan fingerprint density at radius 3 is 2.60 bits per heavy atom. The molecule has 1 aromatic carbocycles. The Balaban J connectivity index is 3.15. The molecule has 3 nitrogen and oxygen atoms in total. The van der Waals surface area contributed by atoms with Crippen molar-refractivity contribution in [3.63, 3.8) is 0 Å². The number of nitrogens with zero attached hydrogens (tertiary/aromatic N) is 2. The Morgan fingerprint density at radius 1 is 1.40 bits per heavy atom. The molecule has 5 heteroatoms. The molecule has 0 aliphatic heterocycles. The minimum absolute atomic E-state index is 0.0737. The smallest absolute Gasteiger partial charge is 0.106 e. The molecule has 0 radical (unpaired) electrons. The molecule has 0 aliphatic carbocycles. The van der Waals surface area contributed by atoms with Gasteiger partial charge in [0.2, 0.25) is 0 Å². The highest BCUT2D eigenvalue weighted by Crippen LogP contribution is 2.29. The van der Waals surface area contributed by atoms with Gasteiger partial charge in [-0.2, -0.15) is 0 Å². The number of oxime groups is 1. The largest absolute Gasteiger partial charge is 0.399 e. The molecule has 0 aliphatic rings. The average molecular weight is 315 g/mol. The van der Waals surface area contributed by atoms with E-state index < -0.39 is 0 Å². The Bertz CT molecular complexity index is 487. The topological polar surface area (TPSA) is 24.8 Å². The molecule has 1 atom stereocenters. The lowest BCUT2D eigenvalue weighted by atomic mass is 9.90. The summed E-state index contributed by atoms with van der Waals surface area (Å²) in [6.07, 6.45) is 2.63. The molecule has 0 saturated heterocycles. The Labute approximate surface area is 130 Å². The van der Waals surface area contributed by atoms with Gasteiger partial charge in [-0.3, -0.25) is 0 Å². The third kappa shape index (κ3) is 4.82. The van der Waals surface area contributed by atoms with E-state index in [-0.39, 0.29) is 5.92 Å². The Kier molecular flexibility index (Phi) is 7.06. The summed E-state index contributed by atoms with van der Waals surface area (Å²) in [4.78, 5) is 7.02. The minimum atomic E-state index is 0.0737. The van der Waals surface area contributed by atoms with Crippen LogP contribution in [0.15, 0.2) is 36.0 Å². The number of benzene rings is 1. The van der Waals surface area contributed by atoms with E-state index in [2.05, 4.69) is 11.7 Å². The van der Waals surface area contributed by atoms with E-state index in [9.17, 15) is 0 Å². The van der Waals surface area contributed by atoms with Crippen LogP contribution in [-0.4, -0.2) is 38.4 Å². The summed E-state index contributed by atoms with van der Waals surface area (Å²) in [6.45, 7) is 4.52. The van der Waals surface area contributed by atoms with Crippen LogP contribution in [-0.2, 0) is 4.84 Å². The quantitative estimate of drug-likeness (QED) is 0.427. The van der Waals surface area contributed by atoms with E-state index in [4.69, 9.17) is 28.0 Å². The number of allylic oxidation sites excluding steroid dienone is 1. The highest BCUT2D eigenvalue weighted by molar-refractivity contribution is 6.42. The van der Waals surface area contributed by atoms with Gasteiger partial charge in [-0.25, -0.2) is 0 Å². The summed E-state index contributed by atoms with van der Waals surface area (Å²) in [7, 11) is 5.53. The van der Waals surface area contributed by atoms with E-state index in [1.807, 2.05) is 37.2 Å². The van der Waals surface area contributed by atoms with Crippen LogP contribution in [0, 0.1) is 0 Å². The number of rotatable bonds is 7. The van der Waals surface area contributed by atoms with Gasteiger partial charge in [-0.1, -0.05) is 40.5 Å². The van der Waals surface area contributed by atoms with Gasteiger partial charge in [0.1, 0.15) is 7.11 Å². The fourth-order valence-corrected chi connectivity index (χ4v) is 2.31. The lowest BCUT2D eigenvalue weighted by molar-refractivity contribution is 0.210. The van der Waals surface area contributed by atoms with Gasteiger partial charge in [0.05, 0.1) is 15.8 Å². The second kappa shape index (κ2) is 8.30. The molecule has 0 bridgehead atoms. The summed E-state index contributed by atoms with van der Waals surface area (Å²) in [6, 6.07) is 5.64. The van der Waals surface area contributed by atoms with E-state index >= 15 is 0 Å². The second-order valence-electron chi connectivity index (χ2n) is 4.75. The van der Waals surface area contributed by atoms with Crippen molar-refractivity contribution in [1.82, 2.24) is 4.90 Å². The molecule has 0 heterocycles. The first-order valence-electron chi connectivity index (χ1n) is 6.30. The Hall–Kier alpha value is -1.03. The van der Waals surface area contributed by atoms with Gasteiger partial charge >= 0.3 is 0 Å². The summed E-state index contributed by atoms with van der Waals surface area (Å²) in [5, 5.41) is 5.25. The van der Waals surface area contributed by atoms with Gasteiger partial charge < -0.3 is 9.74 Å². The molecule has 1 rings (SSSR count). The van der Waals surface area contributed by atoms with Crippen molar-refractivity contribution >= 4 is 28.9 Å². The van der Waals surface area contributed by atoms with Crippen LogP contribution in [0.3, 0.4) is 0 Å². The maximum atomic E-state index is 6.11. The predicted molar refractivity (Wildman–Crippen MR) is 87.0 cm³/mol. The van der Waals surface area contributed by atoms with E-state index in [1.54, 1.807) is 13.2 Å². The maximum absolute atomic E-state index is 6.11.